The number of fused-ring (bicyclic) bond motifs is 2. The number of likely N-dealkylation sites (N-methyl/N-ethyl adjacent to an activating group) is 1. The van der Waals surface area contributed by atoms with Crippen molar-refractivity contribution in [1.29, 1.82) is 0 Å². The van der Waals surface area contributed by atoms with Crippen LogP contribution in [0.2, 0.25) is 0 Å². The topological polar surface area (TPSA) is 67.7 Å². The van der Waals surface area contributed by atoms with Gasteiger partial charge in [0, 0.05) is 22.3 Å². The molecule has 0 aromatic heterocycles. The fraction of sp³-hybridized carbons (Fsp3) is 0.160. The van der Waals surface area contributed by atoms with E-state index in [-0.39, 0.29) is 29.6 Å². The number of carbonyl (C=O) groups excluding carboxylic acids is 3. The Hall–Kier alpha value is -3.57. The fourth-order valence-electron chi connectivity index (χ4n) is 3.83. The smallest absolute Gasteiger partial charge is 0.279 e. The molecule has 5 heteroatoms. The minimum atomic E-state index is -0.239. The molecule has 0 spiro atoms. The summed E-state index contributed by atoms with van der Waals surface area (Å²) < 4.78 is 0. The Bertz CT molecular complexity index is 1150. The number of ketones is 2. The summed E-state index contributed by atoms with van der Waals surface area (Å²) in [6.45, 7) is 3.00. The summed E-state index contributed by atoms with van der Waals surface area (Å²) in [5.74, 6) is -0.637. The molecule has 0 saturated carbocycles. The fourth-order valence-corrected chi connectivity index (χ4v) is 3.83. The number of hydrogen-bond donors (Lipinski definition) is 2. The second kappa shape index (κ2) is 8.05. The molecule has 3 aromatic rings. The van der Waals surface area contributed by atoms with Gasteiger partial charge in [0.25, 0.3) is 5.91 Å². The maximum absolute atomic E-state index is 13.0. The van der Waals surface area contributed by atoms with Crippen molar-refractivity contribution in [3.8, 4) is 0 Å². The van der Waals surface area contributed by atoms with Crippen LogP contribution in [0.5, 0.6) is 0 Å². The second-order valence-corrected chi connectivity index (χ2v) is 7.78. The Morgan fingerprint density at radius 1 is 0.833 bits per heavy atom. The van der Waals surface area contributed by atoms with E-state index in [1.54, 1.807) is 42.5 Å². The molecule has 150 valence electrons. The summed E-state index contributed by atoms with van der Waals surface area (Å²) in [6.07, 6.45) is 0. The molecule has 0 heterocycles. The molecule has 0 saturated heterocycles. The van der Waals surface area contributed by atoms with E-state index >= 15 is 0 Å². The third-order valence-corrected chi connectivity index (χ3v) is 5.32. The maximum Gasteiger partial charge on any atom is 0.279 e. The summed E-state index contributed by atoms with van der Waals surface area (Å²) >= 11 is 0. The highest BCUT2D eigenvalue weighted by molar-refractivity contribution is 6.30. The number of hydrogen-bond acceptors (Lipinski definition) is 3. The van der Waals surface area contributed by atoms with Crippen LogP contribution in [0.1, 0.15) is 43.0 Å². The number of rotatable bonds is 5. The van der Waals surface area contributed by atoms with Crippen molar-refractivity contribution in [3.63, 3.8) is 0 Å². The van der Waals surface area contributed by atoms with Crippen molar-refractivity contribution in [3.05, 3.63) is 100 Å². The van der Waals surface area contributed by atoms with E-state index in [0.29, 0.717) is 28.9 Å². The van der Waals surface area contributed by atoms with Crippen molar-refractivity contribution in [2.24, 2.45) is 0 Å². The molecule has 0 bridgehead atoms. The lowest BCUT2D eigenvalue weighted by Crippen LogP contribution is -3.08. The number of anilines is 1. The predicted molar refractivity (Wildman–Crippen MR) is 115 cm³/mol. The van der Waals surface area contributed by atoms with Crippen molar-refractivity contribution < 1.29 is 19.3 Å². The Morgan fingerprint density at radius 2 is 1.47 bits per heavy atom. The molecule has 1 unspecified atom stereocenters. The minimum absolute atomic E-state index is 0.196. The van der Waals surface area contributed by atoms with E-state index in [0.717, 1.165) is 10.5 Å². The Kier molecular flexibility index (Phi) is 5.29. The lowest BCUT2D eigenvalue weighted by atomic mass is 9.83. The van der Waals surface area contributed by atoms with Crippen molar-refractivity contribution in [2.75, 3.05) is 18.9 Å². The molecule has 2 N–H and O–H groups in total. The maximum atomic E-state index is 13.0. The van der Waals surface area contributed by atoms with Gasteiger partial charge in [0.15, 0.2) is 18.1 Å². The zero-order valence-electron chi connectivity index (χ0n) is 17.0. The molecule has 3 aromatic carbocycles. The molecule has 5 nitrogen and oxygen atoms in total. The van der Waals surface area contributed by atoms with Gasteiger partial charge in [-0.25, -0.2) is 0 Å². The molecule has 30 heavy (non-hydrogen) atoms. The molecular formula is C25H23N2O3+. The number of aryl methyl sites for hydroxylation is 1. The zero-order valence-corrected chi connectivity index (χ0v) is 17.0. The predicted octanol–water partition coefficient (Wildman–Crippen LogP) is 2.42. The number of carbonyl (C=O) groups is 3. The normalized spacial score (nSPS) is 13.4. The summed E-state index contributed by atoms with van der Waals surface area (Å²) in [7, 11) is 1.95. The van der Waals surface area contributed by atoms with Crippen molar-refractivity contribution >= 4 is 23.2 Å². The van der Waals surface area contributed by atoms with Gasteiger partial charge >= 0.3 is 0 Å². The van der Waals surface area contributed by atoms with E-state index < -0.39 is 0 Å². The quantitative estimate of drug-likeness (QED) is 0.542. The lowest BCUT2D eigenvalue weighted by Gasteiger charge is -2.20. The average molecular weight is 399 g/mol. The van der Waals surface area contributed by atoms with Crippen LogP contribution in [-0.4, -0.2) is 31.1 Å². The Morgan fingerprint density at radius 3 is 2.17 bits per heavy atom. The molecule has 0 radical (unpaired) electrons. The van der Waals surface area contributed by atoms with Gasteiger partial charge in [-0.3, -0.25) is 14.4 Å². The molecule has 0 fully saturated rings. The second-order valence-electron chi connectivity index (χ2n) is 7.78. The number of nitrogens with one attached hydrogen (secondary N) is 2. The third-order valence-electron chi connectivity index (χ3n) is 5.32. The summed E-state index contributed by atoms with van der Waals surface area (Å²) in [5.41, 5.74) is 4.11. The summed E-state index contributed by atoms with van der Waals surface area (Å²) in [4.78, 5) is 39.5. The highest BCUT2D eigenvalue weighted by Gasteiger charge is 2.31. The first-order valence-corrected chi connectivity index (χ1v) is 9.92. The molecule has 1 amide bonds. The van der Waals surface area contributed by atoms with Crippen LogP contribution in [-0.2, 0) is 11.3 Å². The number of benzene rings is 3. The van der Waals surface area contributed by atoms with Crippen LogP contribution >= 0.6 is 0 Å². The van der Waals surface area contributed by atoms with Gasteiger partial charge in [0.1, 0.15) is 6.54 Å². The number of quaternary nitrogens is 1. The van der Waals surface area contributed by atoms with E-state index in [2.05, 4.69) is 29.6 Å². The Labute approximate surface area is 175 Å². The van der Waals surface area contributed by atoms with Gasteiger partial charge in [-0.2, -0.15) is 0 Å². The van der Waals surface area contributed by atoms with Crippen LogP contribution in [0.25, 0.3) is 0 Å². The lowest BCUT2D eigenvalue weighted by molar-refractivity contribution is -0.885. The SMILES string of the molecule is Cc1ccc(C[NH+](C)CC(=O)Nc2cccc3c2C(=O)c2ccccc2C3=O)cc1. The van der Waals surface area contributed by atoms with Crippen LogP contribution in [0.4, 0.5) is 5.69 Å². The molecule has 1 atom stereocenters. The van der Waals surface area contributed by atoms with Gasteiger partial charge in [0.05, 0.1) is 18.3 Å². The van der Waals surface area contributed by atoms with E-state index in [1.165, 1.54) is 5.56 Å². The van der Waals surface area contributed by atoms with Gasteiger partial charge < -0.3 is 10.2 Å². The average Bonchev–Trinajstić information content (AvgIpc) is 2.73. The summed E-state index contributed by atoms with van der Waals surface area (Å²) in [6, 6.07) is 20.0. The highest BCUT2D eigenvalue weighted by Crippen LogP contribution is 2.31. The largest absolute Gasteiger partial charge is 0.326 e. The number of amides is 1. The zero-order chi connectivity index (χ0) is 21.3. The van der Waals surface area contributed by atoms with Gasteiger partial charge in [-0.1, -0.05) is 66.2 Å². The monoisotopic (exact) mass is 399 g/mol. The molecule has 1 aliphatic carbocycles. The molecule has 1 aliphatic rings. The van der Waals surface area contributed by atoms with E-state index in [1.807, 2.05) is 14.0 Å². The minimum Gasteiger partial charge on any atom is -0.326 e. The van der Waals surface area contributed by atoms with Gasteiger partial charge in [-0.05, 0) is 13.0 Å². The summed E-state index contributed by atoms with van der Waals surface area (Å²) in [5, 5.41) is 2.84. The van der Waals surface area contributed by atoms with E-state index in [9.17, 15) is 14.4 Å². The van der Waals surface area contributed by atoms with E-state index in [4.69, 9.17) is 0 Å². The Balaban J connectivity index is 1.52. The van der Waals surface area contributed by atoms with Crippen LogP contribution < -0.4 is 10.2 Å². The highest BCUT2D eigenvalue weighted by atomic mass is 16.2. The molecule has 0 aliphatic heterocycles. The first kappa shape index (κ1) is 19.7. The van der Waals surface area contributed by atoms with Crippen LogP contribution in [0.15, 0.2) is 66.7 Å². The first-order chi connectivity index (χ1) is 14.4. The standard InChI is InChI=1S/C25H22N2O3/c1-16-10-12-17(13-11-16)14-27(2)15-22(28)26-21-9-5-8-20-23(21)25(30)19-7-4-3-6-18(19)24(20)29/h3-13H,14-15H2,1-2H3,(H,26,28)/p+1. The van der Waals surface area contributed by atoms with Crippen LogP contribution in [0.3, 0.4) is 0 Å². The van der Waals surface area contributed by atoms with Gasteiger partial charge in [0.2, 0.25) is 0 Å². The third kappa shape index (κ3) is 3.80. The first-order valence-electron chi connectivity index (χ1n) is 9.92. The van der Waals surface area contributed by atoms with Gasteiger partial charge in [-0.15, -0.1) is 0 Å². The molecule has 4 rings (SSSR count). The molecular weight excluding hydrogens is 376 g/mol. The van der Waals surface area contributed by atoms with Crippen molar-refractivity contribution in [2.45, 2.75) is 13.5 Å². The van der Waals surface area contributed by atoms with Crippen LogP contribution in [0, 0.1) is 6.92 Å². The van der Waals surface area contributed by atoms with Crippen molar-refractivity contribution in [1.82, 2.24) is 0 Å².